The second kappa shape index (κ2) is 9.33. The lowest BCUT2D eigenvalue weighted by atomic mass is 10.0. The highest BCUT2D eigenvalue weighted by atomic mass is 19.4. The lowest BCUT2D eigenvalue weighted by Gasteiger charge is -2.26. The molecule has 0 spiro atoms. The zero-order valence-corrected chi connectivity index (χ0v) is 17.4. The predicted molar refractivity (Wildman–Crippen MR) is 101 cm³/mol. The van der Waals surface area contributed by atoms with Crippen molar-refractivity contribution in [3.63, 3.8) is 0 Å². The average Bonchev–Trinajstić information content (AvgIpc) is 3.29. The highest BCUT2D eigenvalue weighted by molar-refractivity contribution is 5.92. The van der Waals surface area contributed by atoms with Crippen LogP contribution in [0.4, 0.5) is 26.3 Å². The summed E-state index contributed by atoms with van der Waals surface area (Å²) >= 11 is 0. The molecule has 2 aromatic rings. The molecule has 2 atom stereocenters. The Morgan fingerprint density at radius 3 is 2.71 bits per heavy atom. The number of hydrogen-bond acceptors (Lipinski definition) is 6. The molecule has 4 rings (SSSR count). The van der Waals surface area contributed by atoms with Gasteiger partial charge in [-0.25, -0.2) is 4.68 Å². The first-order chi connectivity index (χ1) is 15.9. The highest BCUT2D eigenvalue weighted by Crippen LogP contribution is 2.28. The van der Waals surface area contributed by atoms with Gasteiger partial charge in [0.1, 0.15) is 25.1 Å². The van der Waals surface area contributed by atoms with Crippen LogP contribution >= 0.6 is 0 Å². The number of benzene rings is 1. The van der Waals surface area contributed by atoms with Crippen LogP contribution in [0.25, 0.3) is 0 Å². The fourth-order valence-electron chi connectivity index (χ4n) is 3.59. The number of carbonyl (C=O) groups is 1. The van der Waals surface area contributed by atoms with Gasteiger partial charge in [0.05, 0.1) is 25.8 Å². The zero-order chi connectivity index (χ0) is 24.5. The molecule has 1 N–H and O–H groups in total. The first kappa shape index (κ1) is 24.1. The second-order valence-corrected chi connectivity index (χ2v) is 7.78. The van der Waals surface area contributed by atoms with E-state index in [9.17, 15) is 31.1 Å². The minimum absolute atomic E-state index is 0.00219. The van der Waals surface area contributed by atoms with Crippen LogP contribution in [-0.2, 0) is 29.0 Å². The van der Waals surface area contributed by atoms with Gasteiger partial charge in [-0.15, -0.1) is 13.2 Å². The van der Waals surface area contributed by atoms with Crippen molar-refractivity contribution in [2.24, 2.45) is 0 Å². The van der Waals surface area contributed by atoms with E-state index < -0.39 is 43.8 Å². The number of hydrogen-bond donors (Lipinski definition) is 1. The number of fused-ring (bicyclic) bond motifs is 2. The van der Waals surface area contributed by atoms with Crippen LogP contribution in [-0.4, -0.2) is 60.2 Å². The molecule has 2 aliphatic heterocycles. The quantitative estimate of drug-likeness (QED) is 0.595. The van der Waals surface area contributed by atoms with Crippen LogP contribution < -0.4 is 14.8 Å². The Morgan fingerprint density at radius 2 is 2.00 bits per heavy atom. The fourth-order valence-corrected chi connectivity index (χ4v) is 3.59. The van der Waals surface area contributed by atoms with Crippen molar-refractivity contribution in [3.05, 3.63) is 41.1 Å². The largest absolute Gasteiger partial charge is 0.522 e. The first-order valence-electron chi connectivity index (χ1n) is 10.1. The van der Waals surface area contributed by atoms with E-state index in [-0.39, 0.29) is 31.3 Å². The van der Waals surface area contributed by atoms with Crippen molar-refractivity contribution >= 4 is 5.91 Å². The maximum atomic E-state index is 12.6. The molecule has 1 aromatic carbocycles. The Bertz CT molecular complexity index is 1020. The molecule has 1 unspecified atom stereocenters. The van der Waals surface area contributed by atoms with Crippen LogP contribution in [0.1, 0.15) is 21.6 Å². The minimum Gasteiger partial charge on any atom is -0.491 e. The van der Waals surface area contributed by atoms with Gasteiger partial charge in [0, 0.05) is 6.07 Å². The number of halogens is 6. The number of alkyl halides is 6. The number of amides is 1. The number of nitrogens with one attached hydrogen (secondary N) is 1. The van der Waals surface area contributed by atoms with Gasteiger partial charge in [-0.1, -0.05) is 6.07 Å². The first-order valence-corrected chi connectivity index (χ1v) is 10.1. The summed E-state index contributed by atoms with van der Waals surface area (Å²) in [5.74, 6) is 0.177. The summed E-state index contributed by atoms with van der Waals surface area (Å²) in [5, 5.41) is 6.81. The molecule has 34 heavy (non-hydrogen) atoms. The SMILES string of the molecule is O=C(N[C@H]1COc2ccc(COCC(F)(F)F)cc2C1)c1cc2n(n1)CC(COC(F)(F)F)O2. The normalized spacial score (nSPS) is 19.7. The summed E-state index contributed by atoms with van der Waals surface area (Å²) in [5.41, 5.74) is 1.25. The van der Waals surface area contributed by atoms with Gasteiger partial charge < -0.3 is 19.5 Å². The molecular weight excluding hydrogens is 476 g/mol. The van der Waals surface area contributed by atoms with Gasteiger partial charge in [-0.2, -0.15) is 18.3 Å². The van der Waals surface area contributed by atoms with Crippen molar-refractivity contribution in [1.82, 2.24) is 15.1 Å². The number of carbonyl (C=O) groups excluding carboxylic acids is 1. The van der Waals surface area contributed by atoms with E-state index >= 15 is 0 Å². The van der Waals surface area contributed by atoms with Gasteiger partial charge in [0.2, 0.25) is 5.88 Å². The predicted octanol–water partition coefficient (Wildman–Crippen LogP) is 2.99. The Labute approximate surface area is 188 Å². The number of aromatic nitrogens is 2. The topological polar surface area (TPSA) is 83.8 Å². The van der Waals surface area contributed by atoms with Crippen molar-refractivity contribution < 1.29 is 50.1 Å². The second-order valence-electron chi connectivity index (χ2n) is 7.78. The van der Waals surface area contributed by atoms with E-state index in [1.165, 1.54) is 10.7 Å². The zero-order valence-electron chi connectivity index (χ0n) is 17.4. The molecule has 1 aromatic heterocycles. The van der Waals surface area contributed by atoms with Crippen molar-refractivity contribution in [1.29, 1.82) is 0 Å². The third-order valence-electron chi connectivity index (χ3n) is 4.97. The van der Waals surface area contributed by atoms with Crippen molar-refractivity contribution in [2.45, 2.75) is 44.3 Å². The monoisotopic (exact) mass is 495 g/mol. The molecule has 14 heteroatoms. The highest BCUT2D eigenvalue weighted by Gasteiger charge is 2.34. The summed E-state index contributed by atoms with van der Waals surface area (Å²) in [7, 11) is 0. The Balaban J connectivity index is 1.30. The summed E-state index contributed by atoms with van der Waals surface area (Å²) in [6.45, 7) is -2.11. The molecule has 8 nitrogen and oxygen atoms in total. The molecule has 186 valence electrons. The lowest BCUT2D eigenvalue weighted by Crippen LogP contribution is -2.43. The molecule has 2 aliphatic rings. The maximum absolute atomic E-state index is 12.6. The van der Waals surface area contributed by atoms with Crippen molar-refractivity contribution in [2.75, 3.05) is 19.8 Å². The fraction of sp³-hybridized carbons (Fsp3) is 0.500. The van der Waals surface area contributed by atoms with Crippen LogP contribution in [0, 0.1) is 0 Å². The molecule has 0 radical (unpaired) electrons. The Kier molecular flexibility index (Phi) is 6.62. The standard InChI is InChI=1S/C20H19F6N3O5/c21-19(22,23)10-31-7-11-1-2-16-12(3-11)4-13(8-32-16)27-18(30)15-5-17-29(28-15)6-14(34-17)9-33-20(24,25)26/h1-3,5,13-14H,4,6-10H2,(H,27,30)/t13-,14?/m1/s1. The van der Waals surface area contributed by atoms with Crippen molar-refractivity contribution in [3.8, 4) is 11.6 Å². The molecule has 0 saturated heterocycles. The number of ether oxygens (including phenoxy) is 4. The van der Waals surface area contributed by atoms with E-state index in [0.29, 0.717) is 23.3 Å². The summed E-state index contributed by atoms with van der Waals surface area (Å²) in [4.78, 5) is 12.6. The molecular formula is C20H19F6N3O5. The van der Waals surface area contributed by atoms with Crippen LogP contribution in [0.2, 0.25) is 0 Å². The average molecular weight is 495 g/mol. The van der Waals surface area contributed by atoms with Gasteiger partial charge in [-0.3, -0.25) is 9.53 Å². The van der Waals surface area contributed by atoms with Gasteiger partial charge in [0.15, 0.2) is 5.69 Å². The molecule has 0 aliphatic carbocycles. The molecule has 0 saturated carbocycles. The third kappa shape index (κ3) is 6.32. The van der Waals surface area contributed by atoms with E-state index in [1.807, 2.05) is 0 Å². The molecule has 1 amide bonds. The van der Waals surface area contributed by atoms with E-state index in [4.69, 9.17) is 9.47 Å². The Hall–Kier alpha value is -3.00. The van der Waals surface area contributed by atoms with Gasteiger partial charge in [0.25, 0.3) is 5.91 Å². The minimum atomic E-state index is -4.77. The number of nitrogens with zero attached hydrogens (tertiary/aromatic N) is 2. The van der Waals surface area contributed by atoms with E-state index in [1.54, 1.807) is 18.2 Å². The van der Waals surface area contributed by atoms with Gasteiger partial charge >= 0.3 is 12.5 Å². The third-order valence-corrected chi connectivity index (χ3v) is 4.97. The Morgan fingerprint density at radius 1 is 1.21 bits per heavy atom. The van der Waals surface area contributed by atoms with Crippen LogP contribution in [0.3, 0.4) is 0 Å². The number of rotatable bonds is 7. The molecule has 0 bridgehead atoms. The summed E-state index contributed by atoms with van der Waals surface area (Å²) < 4.78 is 93.9. The molecule has 0 fully saturated rings. The van der Waals surface area contributed by atoms with E-state index in [0.717, 1.165) is 0 Å². The van der Waals surface area contributed by atoms with Crippen LogP contribution in [0.15, 0.2) is 24.3 Å². The molecule has 3 heterocycles. The summed E-state index contributed by atoms with van der Waals surface area (Å²) in [6, 6.07) is 5.78. The van der Waals surface area contributed by atoms with Gasteiger partial charge in [-0.05, 0) is 29.7 Å². The van der Waals surface area contributed by atoms with E-state index in [2.05, 4.69) is 19.9 Å². The maximum Gasteiger partial charge on any atom is 0.522 e. The van der Waals surface area contributed by atoms with Crippen LogP contribution in [0.5, 0.6) is 11.6 Å². The summed E-state index contributed by atoms with van der Waals surface area (Å²) in [6.07, 6.45) is -9.69. The smallest absolute Gasteiger partial charge is 0.491 e. The lowest BCUT2D eigenvalue weighted by molar-refractivity contribution is -0.329.